The first-order valence-electron chi connectivity index (χ1n) is 6.16. The van der Waals surface area contributed by atoms with Gasteiger partial charge in [-0.2, -0.15) is 0 Å². The lowest BCUT2D eigenvalue weighted by Gasteiger charge is -2.29. The van der Waals surface area contributed by atoms with Crippen molar-refractivity contribution < 1.29 is 4.79 Å². The van der Waals surface area contributed by atoms with Crippen LogP contribution < -0.4 is 0 Å². The summed E-state index contributed by atoms with van der Waals surface area (Å²) in [5.74, 6) is 0.302. The summed E-state index contributed by atoms with van der Waals surface area (Å²) in [6, 6.07) is 0. The number of hydrogen-bond acceptors (Lipinski definition) is 1. The monoisotopic (exact) mass is 231 g/mol. The number of amides is 1. The molecule has 0 aromatic rings. The molecule has 0 radical (unpaired) electrons. The molecule has 0 spiro atoms. The minimum atomic E-state index is 0.179. The van der Waals surface area contributed by atoms with Crippen LogP contribution in [-0.4, -0.2) is 29.3 Å². The molecular weight excluding hydrogens is 210 g/mol. The Bertz CT molecular complexity index is 196. The zero-order valence-electron chi connectivity index (χ0n) is 9.67. The molecule has 0 N–H and O–H groups in total. The molecule has 0 bridgehead atoms. The molecule has 1 unspecified atom stereocenters. The Morgan fingerprint density at radius 3 is 2.87 bits per heavy atom. The zero-order valence-corrected chi connectivity index (χ0v) is 10.4. The quantitative estimate of drug-likeness (QED) is 0.526. The summed E-state index contributed by atoms with van der Waals surface area (Å²) in [6.07, 6.45) is 7.52. The highest BCUT2D eigenvalue weighted by molar-refractivity contribution is 6.20. The van der Waals surface area contributed by atoms with E-state index in [1.807, 2.05) is 4.90 Å². The van der Waals surface area contributed by atoms with Gasteiger partial charge in [0, 0.05) is 19.5 Å². The summed E-state index contributed by atoms with van der Waals surface area (Å²) >= 11 is 6.05. The van der Waals surface area contributed by atoms with Gasteiger partial charge in [0.1, 0.15) is 0 Å². The Hall–Kier alpha value is -0.240. The van der Waals surface area contributed by atoms with E-state index in [1.54, 1.807) is 0 Å². The number of carbonyl (C=O) groups excluding carboxylic acids is 1. The lowest BCUT2D eigenvalue weighted by Crippen LogP contribution is -2.40. The maximum absolute atomic E-state index is 11.8. The van der Waals surface area contributed by atoms with Crippen molar-refractivity contribution in [1.29, 1.82) is 0 Å². The van der Waals surface area contributed by atoms with Gasteiger partial charge >= 0.3 is 0 Å². The number of piperidine rings is 1. The third-order valence-corrected chi connectivity index (χ3v) is 3.32. The molecule has 0 aliphatic carbocycles. The summed E-state index contributed by atoms with van der Waals surface area (Å²) < 4.78 is 0. The lowest BCUT2D eigenvalue weighted by molar-refractivity contribution is -0.132. The van der Waals surface area contributed by atoms with Crippen LogP contribution in [0.15, 0.2) is 0 Å². The van der Waals surface area contributed by atoms with Gasteiger partial charge in [-0.25, -0.2) is 0 Å². The lowest BCUT2D eigenvalue weighted by atomic mass is 10.1. The van der Waals surface area contributed by atoms with Gasteiger partial charge in [-0.15, -0.1) is 11.6 Å². The maximum Gasteiger partial charge on any atom is 0.222 e. The molecule has 1 saturated heterocycles. The van der Waals surface area contributed by atoms with Gasteiger partial charge in [-0.05, 0) is 19.3 Å². The molecule has 1 aliphatic heterocycles. The van der Waals surface area contributed by atoms with Gasteiger partial charge in [0.25, 0.3) is 0 Å². The number of nitrogens with zero attached hydrogens (tertiary/aromatic N) is 1. The maximum atomic E-state index is 11.8. The standard InChI is InChI=1S/C12H22ClNO/c1-2-3-4-5-8-12(15)14-9-6-7-11(13)10-14/h11H,2-10H2,1H3. The molecule has 1 rings (SSSR count). The molecule has 1 heterocycles. The van der Waals surface area contributed by atoms with Crippen LogP contribution in [0.4, 0.5) is 0 Å². The summed E-state index contributed by atoms with van der Waals surface area (Å²) in [4.78, 5) is 13.7. The van der Waals surface area contributed by atoms with E-state index in [9.17, 15) is 4.79 Å². The third kappa shape index (κ3) is 4.87. The second-order valence-corrected chi connectivity index (χ2v) is 5.01. The van der Waals surface area contributed by atoms with Crippen molar-refractivity contribution in [1.82, 2.24) is 4.90 Å². The SMILES string of the molecule is CCCCCCC(=O)N1CCCC(Cl)C1. The molecule has 15 heavy (non-hydrogen) atoms. The van der Waals surface area contributed by atoms with Crippen molar-refractivity contribution in [2.45, 2.75) is 57.2 Å². The molecule has 1 amide bonds. The minimum absolute atomic E-state index is 0.179. The van der Waals surface area contributed by atoms with E-state index in [0.29, 0.717) is 12.3 Å². The number of alkyl halides is 1. The van der Waals surface area contributed by atoms with E-state index in [4.69, 9.17) is 11.6 Å². The summed E-state index contributed by atoms with van der Waals surface area (Å²) in [5.41, 5.74) is 0. The predicted molar refractivity (Wildman–Crippen MR) is 64.2 cm³/mol. The Labute approximate surface area is 98.0 Å². The smallest absolute Gasteiger partial charge is 0.222 e. The Morgan fingerprint density at radius 2 is 2.20 bits per heavy atom. The van der Waals surface area contributed by atoms with Crippen LogP contribution >= 0.6 is 11.6 Å². The molecule has 0 aromatic heterocycles. The summed E-state index contributed by atoms with van der Waals surface area (Å²) in [5, 5.41) is 0.179. The largest absolute Gasteiger partial charge is 0.341 e. The first-order valence-corrected chi connectivity index (χ1v) is 6.59. The number of unbranched alkanes of at least 4 members (excludes halogenated alkanes) is 3. The van der Waals surface area contributed by atoms with Gasteiger partial charge in [0.15, 0.2) is 0 Å². The van der Waals surface area contributed by atoms with E-state index >= 15 is 0 Å². The minimum Gasteiger partial charge on any atom is -0.341 e. The van der Waals surface area contributed by atoms with Gasteiger partial charge < -0.3 is 4.90 Å². The third-order valence-electron chi connectivity index (χ3n) is 2.96. The van der Waals surface area contributed by atoms with Crippen molar-refractivity contribution in [2.75, 3.05) is 13.1 Å². The normalized spacial score (nSPS) is 21.7. The molecule has 0 aromatic carbocycles. The fraction of sp³-hybridized carbons (Fsp3) is 0.917. The topological polar surface area (TPSA) is 20.3 Å². The number of carbonyl (C=O) groups is 1. The van der Waals surface area contributed by atoms with E-state index in [-0.39, 0.29) is 5.38 Å². The van der Waals surface area contributed by atoms with Crippen molar-refractivity contribution in [3.63, 3.8) is 0 Å². The predicted octanol–water partition coefficient (Wildman–Crippen LogP) is 3.19. The highest BCUT2D eigenvalue weighted by Gasteiger charge is 2.21. The van der Waals surface area contributed by atoms with Crippen molar-refractivity contribution >= 4 is 17.5 Å². The van der Waals surface area contributed by atoms with Gasteiger partial charge in [-0.3, -0.25) is 4.79 Å². The Kier molecular flexibility index (Phi) is 6.07. The Morgan fingerprint density at radius 1 is 1.40 bits per heavy atom. The average Bonchev–Trinajstić information content (AvgIpc) is 2.24. The number of rotatable bonds is 5. The second-order valence-electron chi connectivity index (χ2n) is 4.39. The Balaban J connectivity index is 2.15. The molecular formula is C12H22ClNO. The number of likely N-dealkylation sites (tertiary alicyclic amines) is 1. The fourth-order valence-electron chi connectivity index (χ4n) is 2.01. The van der Waals surface area contributed by atoms with E-state index in [2.05, 4.69) is 6.92 Å². The number of hydrogen-bond donors (Lipinski definition) is 0. The number of halogens is 1. The highest BCUT2D eigenvalue weighted by Crippen LogP contribution is 2.16. The van der Waals surface area contributed by atoms with Crippen LogP contribution in [0.2, 0.25) is 0 Å². The van der Waals surface area contributed by atoms with Crippen molar-refractivity contribution in [3.05, 3.63) is 0 Å². The van der Waals surface area contributed by atoms with Gasteiger partial charge in [0.05, 0.1) is 5.38 Å². The van der Waals surface area contributed by atoms with Crippen LogP contribution in [0.3, 0.4) is 0 Å². The van der Waals surface area contributed by atoms with E-state index in [1.165, 1.54) is 19.3 Å². The van der Waals surface area contributed by atoms with Gasteiger partial charge in [-0.1, -0.05) is 26.2 Å². The van der Waals surface area contributed by atoms with E-state index in [0.717, 1.165) is 32.4 Å². The summed E-state index contributed by atoms with van der Waals surface area (Å²) in [6.45, 7) is 3.86. The zero-order chi connectivity index (χ0) is 11.1. The van der Waals surface area contributed by atoms with Crippen LogP contribution in [0.5, 0.6) is 0 Å². The first kappa shape index (κ1) is 12.8. The summed E-state index contributed by atoms with van der Waals surface area (Å²) in [7, 11) is 0. The highest BCUT2D eigenvalue weighted by atomic mass is 35.5. The van der Waals surface area contributed by atoms with Gasteiger partial charge in [0.2, 0.25) is 5.91 Å². The van der Waals surface area contributed by atoms with Crippen LogP contribution in [0.25, 0.3) is 0 Å². The molecule has 88 valence electrons. The van der Waals surface area contributed by atoms with Crippen LogP contribution in [-0.2, 0) is 4.79 Å². The van der Waals surface area contributed by atoms with Crippen LogP contribution in [0.1, 0.15) is 51.9 Å². The molecule has 1 fully saturated rings. The molecule has 1 aliphatic rings. The van der Waals surface area contributed by atoms with Crippen LogP contribution in [0, 0.1) is 0 Å². The molecule has 1 atom stereocenters. The molecule has 0 saturated carbocycles. The van der Waals surface area contributed by atoms with Crippen molar-refractivity contribution in [3.8, 4) is 0 Å². The molecule has 2 nitrogen and oxygen atoms in total. The fourth-order valence-corrected chi connectivity index (χ4v) is 2.33. The van der Waals surface area contributed by atoms with E-state index < -0.39 is 0 Å². The molecule has 3 heteroatoms. The average molecular weight is 232 g/mol. The second kappa shape index (κ2) is 7.10. The van der Waals surface area contributed by atoms with Crippen molar-refractivity contribution in [2.24, 2.45) is 0 Å². The first-order chi connectivity index (χ1) is 7.24.